The second-order valence-electron chi connectivity index (χ2n) is 5.50. The van der Waals surface area contributed by atoms with Gasteiger partial charge in [-0.2, -0.15) is 13.2 Å². The number of carbonyl (C=O) groups excluding carboxylic acids is 2. The predicted molar refractivity (Wildman–Crippen MR) is 68.9 cm³/mol. The first-order valence-corrected chi connectivity index (χ1v) is 6.29. The molecule has 0 aromatic heterocycles. The molecule has 2 atom stereocenters. The molecule has 0 aliphatic rings. The molecule has 0 spiro atoms. The van der Waals surface area contributed by atoms with Gasteiger partial charge in [0.2, 0.25) is 5.91 Å². The third kappa shape index (κ3) is 7.81. The Morgan fingerprint density at radius 2 is 1.68 bits per heavy atom. The van der Waals surface area contributed by atoms with Gasteiger partial charge < -0.3 is 20.5 Å². The lowest BCUT2D eigenvalue weighted by Crippen LogP contribution is -2.53. The molecule has 0 rings (SSSR count). The Bertz CT molecular complexity index is 431. The van der Waals surface area contributed by atoms with E-state index in [1.165, 1.54) is 12.2 Å². The van der Waals surface area contributed by atoms with Crippen molar-refractivity contribution in [1.29, 1.82) is 0 Å². The van der Waals surface area contributed by atoms with E-state index in [2.05, 4.69) is 0 Å². The summed E-state index contributed by atoms with van der Waals surface area (Å²) < 4.78 is 41.2. The maximum atomic E-state index is 11.9. The molecule has 0 aliphatic heterocycles. The fourth-order valence-electron chi connectivity index (χ4n) is 1.49. The molecule has 0 radical (unpaired) electrons. The summed E-state index contributed by atoms with van der Waals surface area (Å²) in [7, 11) is 0. The highest BCUT2D eigenvalue weighted by Gasteiger charge is 2.39. The Hall–Kier alpha value is -1.84. The van der Waals surface area contributed by atoms with Gasteiger partial charge in [0.05, 0.1) is 18.2 Å². The molecule has 0 saturated heterocycles. The highest BCUT2D eigenvalue weighted by molar-refractivity contribution is 5.89. The van der Waals surface area contributed by atoms with Crippen LogP contribution in [0.1, 0.15) is 27.7 Å². The van der Waals surface area contributed by atoms with Gasteiger partial charge in [0, 0.05) is 0 Å². The van der Waals surface area contributed by atoms with Crippen LogP contribution in [0.4, 0.5) is 13.2 Å². The number of hydrogen-bond donors (Lipinski definition) is 3. The molecule has 0 aromatic carbocycles. The Morgan fingerprint density at radius 3 is 2.05 bits per heavy atom. The maximum absolute atomic E-state index is 11.9. The molecule has 0 aliphatic carbocycles. The fourth-order valence-corrected chi connectivity index (χ4v) is 1.49. The lowest BCUT2D eigenvalue weighted by atomic mass is 10.1. The second-order valence-corrected chi connectivity index (χ2v) is 5.50. The number of amides is 2. The highest BCUT2D eigenvalue weighted by atomic mass is 19.4. The Labute approximate surface area is 125 Å². The van der Waals surface area contributed by atoms with Crippen molar-refractivity contribution in [1.82, 2.24) is 10.6 Å². The quantitative estimate of drug-likeness (QED) is 0.656. The minimum Gasteiger partial charge on any atom is -0.480 e. The van der Waals surface area contributed by atoms with Crippen LogP contribution in [0.5, 0.6) is 0 Å². The highest BCUT2D eigenvalue weighted by Crippen LogP contribution is 2.14. The lowest BCUT2D eigenvalue weighted by molar-refractivity contribution is -0.173. The number of nitrogens with one attached hydrogen (secondary N) is 2. The van der Waals surface area contributed by atoms with Crippen molar-refractivity contribution in [2.24, 2.45) is 0 Å². The number of hydrogen-bond acceptors (Lipinski definition) is 4. The zero-order valence-electron chi connectivity index (χ0n) is 12.6. The first kappa shape index (κ1) is 20.2. The number of aliphatic carboxylic acids is 1. The molecule has 0 bridgehead atoms. The fraction of sp³-hybridized carbons (Fsp3) is 0.750. The van der Waals surface area contributed by atoms with Gasteiger partial charge in [-0.3, -0.25) is 9.59 Å². The van der Waals surface area contributed by atoms with Crippen molar-refractivity contribution < 1.29 is 37.4 Å². The number of ether oxygens (including phenoxy) is 1. The van der Waals surface area contributed by atoms with Gasteiger partial charge in [-0.15, -0.1) is 0 Å². The molecule has 7 nitrogen and oxygen atoms in total. The molecule has 0 fully saturated rings. The van der Waals surface area contributed by atoms with Gasteiger partial charge in [-0.25, -0.2) is 4.79 Å². The molecule has 128 valence electrons. The summed E-state index contributed by atoms with van der Waals surface area (Å²) in [5, 5.41) is 12.4. The average molecular weight is 328 g/mol. The van der Waals surface area contributed by atoms with Crippen molar-refractivity contribution in [3.8, 4) is 0 Å². The number of carboxylic acid groups (broad SMARTS) is 1. The van der Waals surface area contributed by atoms with Crippen LogP contribution >= 0.6 is 0 Å². The van der Waals surface area contributed by atoms with E-state index in [1.807, 2.05) is 5.32 Å². The van der Waals surface area contributed by atoms with Crippen LogP contribution in [0, 0.1) is 0 Å². The molecule has 22 heavy (non-hydrogen) atoms. The van der Waals surface area contributed by atoms with Gasteiger partial charge >= 0.3 is 18.1 Å². The predicted octanol–water partition coefficient (Wildman–Crippen LogP) is 0.438. The molecular weight excluding hydrogens is 309 g/mol. The zero-order valence-corrected chi connectivity index (χ0v) is 12.6. The third-order valence-electron chi connectivity index (χ3n) is 2.26. The summed E-state index contributed by atoms with van der Waals surface area (Å²) in [5.41, 5.74) is -0.678. The van der Waals surface area contributed by atoms with E-state index in [0.717, 1.165) is 0 Å². The van der Waals surface area contributed by atoms with Crippen molar-refractivity contribution in [3.63, 3.8) is 0 Å². The summed E-state index contributed by atoms with van der Waals surface area (Å²) in [6.45, 7) is 5.43. The smallest absolute Gasteiger partial charge is 0.471 e. The molecule has 2 amide bonds. The lowest BCUT2D eigenvalue weighted by Gasteiger charge is -2.29. The first-order valence-electron chi connectivity index (χ1n) is 6.29. The van der Waals surface area contributed by atoms with E-state index >= 15 is 0 Å². The molecule has 0 heterocycles. The Balaban J connectivity index is 4.61. The molecular formula is C12H19F3N2O5. The largest absolute Gasteiger partial charge is 0.480 e. The number of halogens is 3. The monoisotopic (exact) mass is 328 g/mol. The van der Waals surface area contributed by atoms with Crippen LogP contribution in [-0.2, 0) is 19.1 Å². The zero-order chi connectivity index (χ0) is 17.7. The standard InChI is InChI=1S/C12H19F3N2O5/c1-6(22-11(2,3)4)8(9(19)20)17-7(18)5-16-10(21)12(13,14)15/h6,8H,5H2,1-4H3,(H,16,21)(H,17,18)(H,19,20)/t6-,8+/m1/s1. The second kappa shape index (κ2) is 7.43. The van der Waals surface area contributed by atoms with Gasteiger partial charge in [0.15, 0.2) is 6.04 Å². The minimum atomic E-state index is -5.12. The van der Waals surface area contributed by atoms with Crippen LogP contribution in [-0.4, -0.2) is 53.4 Å². The van der Waals surface area contributed by atoms with Gasteiger partial charge in [-0.05, 0) is 27.7 Å². The van der Waals surface area contributed by atoms with Gasteiger partial charge in [-0.1, -0.05) is 0 Å². The van der Waals surface area contributed by atoms with E-state index in [4.69, 9.17) is 9.84 Å². The summed E-state index contributed by atoms with van der Waals surface area (Å²) >= 11 is 0. The summed E-state index contributed by atoms with van der Waals surface area (Å²) in [6.07, 6.45) is -6.05. The average Bonchev–Trinajstić information content (AvgIpc) is 2.28. The number of alkyl halides is 3. The Morgan fingerprint density at radius 1 is 1.18 bits per heavy atom. The first-order chi connectivity index (χ1) is 9.74. The van der Waals surface area contributed by atoms with Crippen molar-refractivity contribution in [2.45, 2.75) is 51.6 Å². The molecule has 0 unspecified atom stereocenters. The van der Waals surface area contributed by atoms with E-state index in [9.17, 15) is 27.6 Å². The van der Waals surface area contributed by atoms with Gasteiger partial charge in [0.1, 0.15) is 0 Å². The van der Waals surface area contributed by atoms with Crippen LogP contribution in [0.3, 0.4) is 0 Å². The minimum absolute atomic E-state index is 0.678. The van der Waals surface area contributed by atoms with Gasteiger partial charge in [0.25, 0.3) is 0 Å². The van der Waals surface area contributed by atoms with E-state index < -0.39 is 48.3 Å². The molecule has 0 saturated carbocycles. The van der Waals surface area contributed by atoms with E-state index in [0.29, 0.717) is 0 Å². The van der Waals surface area contributed by atoms with Crippen molar-refractivity contribution >= 4 is 17.8 Å². The molecule has 10 heteroatoms. The molecule has 3 N–H and O–H groups in total. The van der Waals surface area contributed by atoms with Crippen LogP contribution in [0.2, 0.25) is 0 Å². The SMILES string of the molecule is C[C@@H](OC(C)(C)C)[C@H](NC(=O)CNC(=O)C(F)(F)F)C(=O)O. The summed E-state index contributed by atoms with van der Waals surface area (Å²) in [5.74, 6) is -4.77. The number of carbonyl (C=O) groups is 3. The number of rotatable bonds is 6. The van der Waals surface area contributed by atoms with Crippen LogP contribution in [0.25, 0.3) is 0 Å². The van der Waals surface area contributed by atoms with Crippen LogP contribution < -0.4 is 10.6 Å². The van der Waals surface area contributed by atoms with Crippen molar-refractivity contribution in [2.75, 3.05) is 6.54 Å². The van der Waals surface area contributed by atoms with Crippen molar-refractivity contribution in [3.05, 3.63) is 0 Å². The third-order valence-corrected chi connectivity index (χ3v) is 2.26. The molecule has 0 aromatic rings. The number of carboxylic acids is 1. The summed E-state index contributed by atoms with van der Waals surface area (Å²) in [6, 6.07) is -1.46. The topological polar surface area (TPSA) is 105 Å². The van der Waals surface area contributed by atoms with Crippen LogP contribution in [0.15, 0.2) is 0 Å². The van der Waals surface area contributed by atoms with E-state index in [-0.39, 0.29) is 0 Å². The summed E-state index contributed by atoms with van der Waals surface area (Å²) in [4.78, 5) is 33.1. The normalized spacial score (nSPS) is 14.9. The Kier molecular flexibility index (Phi) is 6.81. The maximum Gasteiger partial charge on any atom is 0.471 e. The van der Waals surface area contributed by atoms with E-state index in [1.54, 1.807) is 20.8 Å².